The maximum absolute atomic E-state index is 13.6. The van der Waals surface area contributed by atoms with Crippen LogP contribution in [0.3, 0.4) is 0 Å². The molecule has 0 radical (unpaired) electrons. The van der Waals surface area contributed by atoms with Gasteiger partial charge in [0.1, 0.15) is 22.2 Å². The Bertz CT molecular complexity index is 2140. The second-order valence-electron chi connectivity index (χ2n) is 13.7. The summed E-state index contributed by atoms with van der Waals surface area (Å²) in [4.78, 5) is 40.3. The van der Waals surface area contributed by atoms with Crippen LogP contribution in [0.4, 0.5) is 11.5 Å². The van der Waals surface area contributed by atoms with E-state index in [-0.39, 0.29) is 66.8 Å². The molecule has 0 fully saturated rings. The summed E-state index contributed by atoms with van der Waals surface area (Å²) < 4.78 is 32.6. The van der Waals surface area contributed by atoms with E-state index in [1.54, 1.807) is 18.2 Å². The molecule has 3 aromatic carbocycles. The number of H-pyrrole nitrogens is 1. The number of halogens is 3. The third-order valence-electron chi connectivity index (χ3n) is 9.03. The number of nitrogens with zero attached hydrogens (tertiary/aromatic N) is 1. The summed E-state index contributed by atoms with van der Waals surface area (Å²) in [5, 5.41) is 8.77. The van der Waals surface area contributed by atoms with Gasteiger partial charge in [0, 0.05) is 34.1 Å². The van der Waals surface area contributed by atoms with Crippen LogP contribution in [0.25, 0.3) is 5.69 Å². The van der Waals surface area contributed by atoms with Crippen molar-refractivity contribution in [3.05, 3.63) is 96.7 Å². The lowest BCUT2D eigenvalue weighted by molar-refractivity contribution is -0.118. The number of hydrogen-bond acceptors (Lipinski definition) is 7. The van der Waals surface area contributed by atoms with Gasteiger partial charge in [0.05, 0.1) is 16.3 Å². The van der Waals surface area contributed by atoms with Crippen molar-refractivity contribution in [3.63, 3.8) is 0 Å². The summed E-state index contributed by atoms with van der Waals surface area (Å²) in [7, 11) is -3.46. The monoisotopic (exact) mass is 823 g/mol. The SMILES string of the molecule is CCC(C)(C)c1ccc(OCC(=O)Nc2cccc(C(=O)Nc3[nH]n(-c4c(Cl)cc(Cl)cc4Cl)c(=O)c3SCCNS(C)(=O)=O)c2)c(C(C)(C)CC)c1. The minimum atomic E-state index is -3.46. The van der Waals surface area contributed by atoms with Gasteiger partial charge in [-0.1, -0.05) is 94.5 Å². The molecule has 1 heterocycles. The van der Waals surface area contributed by atoms with E-state index in [2.05, 4.69) is 68.1 Å². The second kappa shape index (κ2) is 17.3. The van der Waals surface area contributed by atoms with Crippen molar-refractivity contribution < 1.29 is 22.7 Å². The molecular formula is C37H44Cl3N5O6S2. The van der Waals surface area contributed by atoms with Crippen molar-refractivity contribution in [2.24, 2.45) is 0 Å². The van der Waals surface area contributed by atoms with Crippen LogP contribution < -0.4 is 25.7 Å². The summed E-state index contributed by atoms with van der Waals surface area (Å²) in [5.74, 6) is -0.198. The Labute approximate surface area is 329 Å². The smallest absolute Gasteiger partial charge is 0.287 e. The van der Waals surface area contributed by atoms with Crippen molar-refractivity contribution in [2.75, 3.05) is 35.8 Å². The Hall–Kier alpha value is -3.46. The molecule has 1 aromatic heterocycles. The molecule has 0 saturated carbocycles. The van der Waals surface area contributed by atoms with E-state index >= 15 is 0 Å². The summed E-state index contributed by atoms with van der Waals surface area (Å²) in [5.41, 5.74) is 2.09. The predicted molar refractivity (Wildman–Crippen MR) is 217 cm³/mol. The largest absolute Gasteiger partial charge is 0.483 e. The fourth-order valence-corrected chi connectivity index (χ4v) is 7.64. The number of hydrogen-bond donors (Lipinski definition) is 4. The van der Waals surface area contributed by atoms with Crippen LogP contribution in [-0.2, 0) is 25.6 Å². The van der Waals surface area contributed by atoms with Gasteiger partial charge in [-0.05, 0) is 65.6 Å². The molecule has 4 aromatic rings. The van der Waals surface area contributed by atoms with Crippen LogP contribution in [0.2, 0.25) is 15.1 Å². The molecule has 0 aliphatic carbocycles. The first kappa shape index (κ1) is 42.3. The average Bonchev–Trinajstić information content (AvgIpc) is 3.38. The molecule has 11 nitrogen and oxygen atoms in total. The number of amides is 2. The maximum atomic E-state index is 13.6. The number of carbonyl (C=O) groups excluding carboxylic acids is 2. The number of aromatic amines is 1. The molecule has 4 N–H and O–H groups in total. The number of sulfonamides is 1. The number of nitrogens with one attached hydrogen (secondary N) is 4. The number of benzene rings is 3. The highest BCUT2D eigenvalue weighted by molar-refractivity contribution is 7.99. The minimum absolute atomic E-state index is 0.0128. The number of thioether (sulfide) groups is 1. The Morgan fingerprint density at radius 2 is 1.58 bits per heavy atom. The van der Waals surface area contributed by atoms with Crippen LogP contribution in [-0.4, -0.2) is 55.2 Å². The Kier molecular flexibility index (Phi) is 13.8. The van der Waals surface area contributed by atoms with Crippen LogP contribution in [0.15, 0.2) is 64.3 Å². The Balaban J connectivity index is 1.54. The summed E-state index contributed by atoms with van der Waals surface area (Å²) in [6, 6.07) is 15.3. The minimum Gasteiger partial charge on any atom is -0.483 e. The maximum Gasteiger partial charge on any atom is 0.287 e. The first-order valence-electron chi connectivity index (χ1n) is 16.8. The second-order valence-corrected chi connectivity index (χ2v) is 17.9. The van der Waals surface area contributed by atoms with Crippen LogP contribution >= 0.6 is 46.6 Å². The quantitative estimate of drug-likeness (QED) is 0.0655. The molecule has 286 valence electrons. The Morgan fingerprint density at radius 1 is 0.925 bits per heavy atom. The van der Waals surface area contributed by atoms with Crippen molar-refractivity contribution in [1.82, 2.24) is 14.5 Å². The van der Waals surface area contributed by atoms with Gasteiger partial charge >= 0.3 is 0 Å². The van der Waals surface area contributed by atoms with Gasteiger partial charge in [-0.2, -0.15) is 0 Å². The summed E-state index contributed by atoms with van der Waals surface area (Å²) in [6.45, 7) is 12.8. The average molecular weight is 825 g/mol. The molecule has 2 amide bonds. The van der Waals surface area contributed by atoms with E-state index < -0.39 is 27.4 Å². The van der Waals surface area contributed by atoms with Gasteiger partial charge in [-0.3, -0.25) is 19.5 Å². The fourth-order valence-electron chi connectivity index (χ4n) is 5.19. The normalized spacial score (nSPS) is 12.1. The standard InChI is InChI=1S/C37H44Cl3N5O6S2/c1-8-36(3,4)23-13-14-29(26(18-23)37(5,6)9-2)51-21-30(46)42-25-12-10-11-22(17-25)34(47)43-33-32(52-16-15-41-53(7,49)50)35(48)45(44-33)31-27(39)19-24(38)20-28(31)40/h10-14,17-20,41,44H,8-9,15-16,21H2,1-7H3,(H,42,46)(H,43,47). The van der Waals surface area contributed by atoms with E-state index in [1.165, 1.54) is 23.8 Å². The molecule has 0 bridgehead atoms. The lowest BCUT2D eigenvalue weighted by atomic mass is 9.76. The predicted octanol–water partition coefficient (Wildman–Crippen LogP) is 8.41. The highest BCUT2D eigenvalue weighted by atomic mass is 35.5. The van der Waals surface area contributed by atoms with E-state index in [1.807, 2.05) is 12.1 Å². The lowest BCUT2D eigenvalue weighted by Crippen LogP contribution is -2.24. The first-order chi connectivity index (χ1) is 24.8. The number of anilines is 2. The molecule has 0 aliphatic heterocycles. The van der Waals surface area contributed by atoms with Crippen LogP contribution in [0.1, 0.15) is 75.9 Å². The zero-order valence-electron chi connectivity index (χ0n) is 30.6. The molecular weight excluding hydrogens is 781 g/mol. The molecule has 0 atom stereocenters. The van der Waals surface area contributed by atoms with Gasteiger partial charge in [0.25, 0.3) is 17.4 Å². The molecule has 16 heteroatoms. The summed E-state index contributed by atoms with van der Waals surface area (Å²) in [6.07, 6.45) is 2.88. The fraction of sp³-hybridized carbons (Fsp3) is 0.378. The van der Waals surface area contributed by atoms with E-state index in [0.717, 1.165) is 41.1 Å². The Morgan fingerprint density at radius 3 is 2.21 bits per heavy atom. The van der Waals surface area contributed by atoms with Gasteiger partial charge in [-0.15, -0.1) is 11.8 Å². The first-order valence-corrected chi connectivity index (χ1v) is 20.8. The van der Waals surface area contributed by atoms with Crippen LogP contribution in [0, 0.1) is 0 Å². The van der Waals surface area contributed by atoms with Crippen molar-refractivity contribution in [1.29, 1.82) is 0 Å². The van der Waals surface area contributed by atoms with E-state index in [4.69, 9.17) is 39.5 Å². The van der Waals surface area contributed by atoms with Gasteiger partial charge in [-0.25, -0.2) is 17.8 Å². The third kappa shape index (κ3) is 10.8. The van der Waals surface area contributed by atoms with E-state index in [0.29, 0.717) is 11.4 Å². The number of rotatable bonds is 16. The van der Waals surface area contributed by atoms with E-state index in [9.17, 15) is 22.8 Å². The zero-order chi connectivity index (χ0) is 39.3. The van der Waals surface area contributed by atoms with Crippen molar-refractivity contribution >= 4 is 79.9 Å². The number of carbonyl (C=O) groups is 2. The molecule has 0 spiro atoms. The zero-order valence-corrected chi connectivity index (χ0v) is 34.5. The lowest BCUT2D eigenvalue weighted by Gasteiger charge is -2.30. The van der Waals surface area contributed by atoms with Gasteiger partial charge < -0.3 is 15.4 Å². The molecule has 4 rings (SSSR count). The summed E-state index contributed by atoms with van der Waals surface area (Å²) >= 11 is 19.9. The molecule has 0 unspecified atom stereocenters. The topological polar surface area (TPSA) is 151 Å². The highest BCUT2D eigenvalue weighted by Crippen LogP contribution is 2.39. The third-order valence-corrected chi connectivity index (χ3v) is 11.6. The number of aromatic nitrogens is 2. The molecule has 0 saturated heterocycles. The molecule has 53 heavy (non-hydrogen) atoms. The van der Waals surface area contributed by atoms with Crippen LogP contribution in [0.5, 0.6) is 5.75 Å². The number of ether oxygens (including phenoxy) is 1. The van der Waals surface area contributed by atoms with Crippen molar-refractivity contribution in [3.8, 4) is 11.4 Å². The van der Waals surface area contributed by atoms with Gasteiger partial charge in [0.2, 0.25) is 10.0 Å². The molecule has 0 aliphatic rings. The van der Waals surface area contributed by atoms with Crippen molar-refractivity contribution in [2.45, 2.75) is 70.1 Å². The van der Waals surface area contributed by atoms with Gasteiger partial charge in [0.15, 0.2) is 6.61 Å². The highest BCUT2D eigenvalue weighted by Gasteiger charge is 2.27.